The van der Waals surface area contributed by atoms with Gasteiger partial charge in [-0.3, -0.25) is 4.99 Å². The van der Waals surface area contributed by atoms with E-state index in [1.54, 1.807) is 0 Å². The molecule has 1 rings (SSSR count). The molecule has 0 aliphatic rings. The number of benzene rings is 1. The zero-order valence-corrected chi connectivity index (χ0v) is 7.17. The van der Waals surface area contributed by atoms with Gasteiger partial charge in [0.2, 0.25) is 0 Å². The van der Waals surface area contributed by atoms with Gasteiger partial charge in [0.15, 0.2) is 0 Å². The molecule has 2 heteroatoms. The van der Waals surface area contributed by atoms with E-state index in [2.05, 4.69) is 11.9 Å². The molecule has 1 aromatic carbocycles. The fourth-order valence-corrected chi connectivity index (χ4v) is 0.850. The molecule has 0 amide bonds. The van der Waals surface area contributed by atoms with Crippen LogP contribution in [0.2, 0.25) is 5.02 Å². The minimum atomic E-state index is 0.750. The summed E-state index contributed by atoms with van der Waals surface area (Å²) < 4.78 is 0. The average Bonchev–Trinajstić information content (AvgIpc) is 2.04. The van der Waals surface area contributed by atoms with Crippen molar-refractivity contribution in [2.45, 2.75) is 13.3 Å². The van der Waals surface area contributed by atoms with Crippen LogP contribution in [-0.4, -0.2) is 6.21 Å². The Morgan fingerprint density at radius 3 is 2.55 bits per heavy atom. The van der Waals surface area contributed by atoms with E-state index in [4.69, 9.17) is 11.6 Å². The maximum atomic E-state index is 5.69. The van der Waals surface area contributed by atoms with Crippen molar-refractivity contribution in [3.63, 3.8) is 0 Å². The highest BCUT2D eigenvalue weighted by Gasteiger charge is 1.86. The van der Waals surface area contributed by atoms with Crippen molar-refractivity contribution < 1.29 is 0 Å². The standard InChI is InChI=1S/C9H10ClN/c1-2-7-11-9-5-3-8(10)4-6-9/h3-7H,2H2,1H3. The average molecular weight is 168 g/mol. The highest BCUT2D eigenvalue weighted by Crippen LogP contribution is 2.15. The van der Waals surface area contributed by atoms with Gasteiger partial charge >= 0.3 is 0 Å². The molecular formula is C9H10ClN. The smallest absolute Gasteiger partial charge is 0.0626 e. The molecule has 58 valence electrons. The van der Waals surface area contributed by atoms with Crippen molar-refractivity contribution >= 4 is 23.5 Å². The van der Waals surface area contributed by atoms with Crippen LogP contribution in [0.3, 0.4) is 0 Å². The van der Waals surface area contributed by atoms with Gasteiger partial charge in [-0.05, 0) is 30.7 Å². The molecule has 0 heterocycles. The Morgan fingerprint density at radius 2 is 2.00 bits per heavy atom. The molecule has 11 heavy (non-hydrogen) atoms. The van der Waals surface area contributed by atoms with E-state index in [1.165, 1.54) is 0 Å². The summed E-state index contributed by atoms with van der Waals surface area (Å²) in [5.41, 5.74) is 0.955. The van der Waals surface area contributed by atoms with Crippen molar-refractivity contribution in [2.75, 3.05) is 0 Å². The Kier molecular flexibility index (Phi) is 3.12. The Hall–Kier alpha value is -0.820. The summed E-state index contributed by atoms with van der Waals surface area (Å²) in [4.78, 5) is 4.18. The van der Waals surface area contributed by atoms with Crippen LogP contribution in [0, 0.1) is 0 Å². The molecule has 0 aliphatic carbocycles. The summed E-state index contributed by atoms with van der Waals surface area (Å²) in [6.07, 6.45) is 2.84. The molecule has 1 nitrogen and oxygen atoms in total. The van der Waals surface area contributed by atoms with Crippen LogP contribution in [-0.2, 0) is 0 Å². The first-order chi connectivity index (χ1) is 5.33. The van der Waals surface area contributed by atoms with Gasteiger partial charge < -0.3 is 0 Å². The Labute approximate surface area is 71.7 Å². The maximum Gasteiger partial charge on any atom is 0.0626 e. The minimum Gasteiger partial charge on any atom is -0.261 e. The van der Waals surface area contributed by atoms with Crippen LogP contribution in [0.5, 0.6) is 0 Å². The van der Waals surface area contributed by atoms with E-state index >= 15 is 0 Å². The van der Waals surface area contributed by atoms with E-state index in [0.29, 0.717) is 0 Å². The molecule has 0 bridgehead atoms. The molecule has 0 aliphatic heterocycles. The lowest BCUT2D eigenvalue weighted by Crippen LogP contribution is -1.68. The first-order valence-corrected chi connectivity index (χ1v) is 3.99. The monoisotopic (exact) mass is 167 g/mol. The van der Waals surface area contributed by atoms with Crippen LogP contribution >= 0.6 is 11.6 Å². The van der Waals surface area contributed by atoms with E-state index in [-0.39, 0.29) is 0 Å². The number of aliphatic imine (C=N–C) groups is 1. The topological polar surface area (TPSA) is 12.4 Å². The molecule has 0 unspecified atom stereocenters. The summed E-state index contributed by atoms with van der Waals surface area (Å²) in [6.45, 7) is 2.05. The highest BCUT2D eigenvalue weighted by molar-refractivity contribution is 6.30. The summed E-state index contributed by atoms with van der Waals surface area (Å²) in [7, 11) is 0. The van der Waals surface area contributed by atoms with E-state index < -0.39 is 0 Å². The van der Waals surface area contributed by atoms with Gasteiger partial charge in [-0.15, -0.1) is 0 Å². The quantitative estimate of drug-likeness (QED) is 0.599. The van der Waals surface area contributed by atoms with Gasteiger partial charge in [-0.1, -0.05) is 18.5 Å². The van der Waals surface area contributed by atoms with Gasteiger partial charge in [-0.2, -0.15) is 0 Å². The third-order valence-corrected chi connectivity index (χ3v) is 1.50. The zero-order chi connectivity index (χ0) is 8.10. The number of hydrogen-bond donors (Lipinski definition) is 0. The van der Waals surface area contributed by atoms with Crippen LogP contribution in [0.4, 0.5) is 5.69 Å². The first-order valence-electron chi connectivity index (χ1n) is 3.61. The SMILES string of the molecule is CCC=Nc1ccc(Cl)cc1. The fraction of sp³-hybridized carbons (Fsp3) is 0.222. The fourth-order valence-electron chi connectivity index (χ4n) is 0.724. The molecule has 0 saturated heterocycles. The second-order valence-electron chi connectivity index (χ2n) is 2.20. The molecule has 1 aromatic rings. The molecule has 0 radical (unpaired) electrons. The number of halogens is 1. The van der Waals surface area contributed by atoms with E-state index in [0.717, 1.165) is 17.1 Å². The van der Waals surface area contributed by atoms with Crippen molar-refractivity contribution in [1.82, 2.24) is 0 Å². The van der Waals surface area contributed by atoms with Gasteiger partial charge in [0, 0.05) is 11.2 Å². The molecule has 0 saturated carbocycles. The number of rotatable bonds is 2. The summed E-state index contributed by atoms with van der Waals surface area (Å²) in [6, 6.07) is 7.47. The lowest BCUT2D eigenvalue weighted by molar-refractivity contribution is 1.31. The maximum absolute atomic E-state index is 5.69. The van der Waals surface area contributed by atoms with E-state index in [9.17, 15) is 0 Å². The Bertz CT molecular complexity index is 238. The van der Waals surface area contributed by atoms with Gasteiger partial charge in [0.25, 0.3) is 0 Å². The Balaban J connectivity index is 2.73. The molecular weight excluding hydrogens is 158 g/mol. The highest BCUT2D eigenvalue weighted by atomic mass is 35.5. The van der Waals surface area contributed by atoms with Crippen LogP contribution in [0.25, 0.3) is 0 Å². The predicted octanol–water partition coefficient (Wildman–Crippen LogP) is 3.45. The Morgan fingerprint density at radius 1 is 1.36 bits per heavy atom. The summed E-state index contributed by atoms with van der Waals surface area (Å²) in [5, 5.41) is 0.750. The molecule has 0 aromatic heterocycles. The lowest BCUT2D eigenvalue weighted by atomic mass is 10.3. The van der Waals surface area contributed by atoms with Crippen molar-refractivity contribution in [2.24, 2.45) is 4.99 Å². The lowest BCUT2D eigenvalue weighted by Gasteiger charge is -1.91. The van der Waals surface area contributed by atoms with Crippen molar-refractivity contribution in [1.29, 1.82) is 0 Å². The van der Waals surface area contributed by atoms with Crippen LogP contribution in [0.1, 0.15) is 13.3 Å². The van der Waals surface area contributed by atoms with Crippen LogP contribution in [0.15, 0.2) is 29.3 Å². The molecule has 0 atom stereocenters. The number of hydrogen-bond acceptors (Lipinski definition) is 1. The van der Waals surface area contributed by atoms with Gasteiger partial charge in [-0.25, -0.2) is 0 Å². The molecule has 0 N–H and O–H groups in total. The van der Waals surface area contributed by atoms with Gasteiger partial charge in [0.05, 0.1) is 5.69 Å². The second-order valence-corrected chi connectivity index (χ2v) is 2.63. The van der Waals surface area contributed by atoms with Gasteiger partial charge in [0.1, 0.15) is 0 Å². The zero-order valence-electron chi connectivity index (χ0n) is 6.42. The summed E-state index contributed by atoms with van der Waals surface area (Å²) >= 11 is 5.69. The first kappa shape index (κ1) is 8.28. The predicted molar refractivity (Wildman–Crippen MR) is 49.9 cm³/mol. The van der Waals surface area contributed by atoms with Crippen LogP contribution < -0.4 is 0 Å². The second kappa shape index (κ2) is 4.14. The normalized spacial score (nSPS) is 10.7. The molecule has 0 spiro atoms. The van der Waals surface area contributed by atoms with E-state index in [1.807, 2.05) is 30.5 Å². The van der Waals surface area contributed by atoms with Crippen molar-refractivity contribution in [3.8, 4) is 0 Å². The van der Waals surface area contributed by atoms with Crippen molar-refractivity contribution in [3.05, 3.63) is 29.3 Å². The third kappa shape index (κ3) is 2.72. The molecule has 0 fully saturated rings. The largest absolute Gasteiger partial charge is 0.261 e. The number of nitrogens with zero attached hydrogens (tertiary/aromatic N) is 1. The minimum absolute atomic E-state index is 0.750. The summed E-state index contributed by atoms with van der Waals surface area (Å²) in [5.74, 6) is 0. The third-order valence-electron chi connectivity index (χ3n) is 1.25.